The minimum Gasteiger partial charge on any atom is -0.376 e. The lowest BCUT2D eigenvalue weighted by atomic mass is 10.3. The highest BCUT2D eigenvalue weighted by Crippen LogP contribution is 2.19. The van der Waals surface area contributed by atoms with Crippen molar-refractivity contribution in [3.63, 3.8) is 0 Å². The Morgan fingerprint density at radius 3 is 2.62 bits per heavy atom. The van der Waals surface area contributed by atoms with E-state index in [9.17, 15) is 13.2 Å². The number of halogens is 3. The van der Waals surface area contributed by atoms with Crippen LogP contribution in [0, 0.1) is 0 Å². The van der Waals surface area contributed by atoms with E-state index in [0.29, 0.717) is 11.4 Å². The number of alkyl halides is 3. The molecular formula is C9H12F3N3O. The van der Waals surface area contributed by atoms with Gasteiger partial charge in [-0.05, 0) is 11.6 Å². The number of nitrogen functional groups attached to an aromatic ring is 1. The molecule has 0 saturated heterocycles. The van der Waals surface area contributed by atoms with E-state index in [1.54, 1.807) is 12.1 Å². The van der Waals surface area contributed by atoms with Crippen LogP contribution in [0.25, 0.3) is 0 Å². The van der Waals surface area contributed by atoms with Crippen LogP contribution < -0.4 is 11.3 Å². The van der Waals surface area contributed by atoms with Crippen molar-refractivity contribution >= 4 is 5.82 Å². The first-order valence-electron chi connectivity index (χ1n) is 4.57. The minimum atomic E-state index is -4.18. The predicted octanol–water partition coefficient (Wildman–Crippen LogP) is 1.84. The van der Waals surface area contributed by atoms with Gasteiger partial charge in [0.25, 0.3) is 0 Å². The van der Waals surface area contributed by atoms with Gasteiger partial charge in [0.05, 0.1) is 19.6 Å². The molecule has 90 valence electrons. The van der Waals surface area contributed by atoms with Crippen LogP contribution in [0.4, 0.5) is 19.0 Å². The van der Waals surface area contributed by atoms with Gasteiger partial charge in [-0.1, -0.05) is 6.07 Å². The van der Waals surface area contributed by atoms with Gasteiger partial charge in [-0.2, -0.15) is 13.2 Å². The van der Waals surface area contributed by atoms with Crippen LogP contribution >= 0.6 is 0 Å². The lowest BCUT2D eigenvalue weighted by Gasteiger charge is -2.07. The molecule has 16 heavy (non-hydrogen) atoms. The topological polar surface area (TPSA) is 60.2 Å². The molecule has 0 atom stereocenters. The minimum absolute atomic E-state index is 0.105. The van der Waals surface area contributed by atoms with Gasteiger partial charge < -0.3 is 10.2 Å². The fourth-order valence-corrected chi connectivity index (χ4v) is 0.973. The van der Waals surface area contributed by atoms with E-state index >= 15 is 0 Å². The first-order chi connectivity index (χ1) is 7.51. The van der Waals surface area contributed by atoms with Crippen molar-refractivity contribution in [2.24, 2.45) is 5.84 Å². The van der Waals surface area contributed by atoms with Crippen molar-refractivity contribution < 1.29 is 17.9 Å². The van der Waals surface area contributed by atoms with E-state index in [2.05, 4.69) is 10.4 Å². The Morgan fingerprint density at radius 1 is 1.38 bits per heavy atom. The first kappa shape index (κ1) is 12.7. The van der Waals surface area contributed by atoms with Crippen LogP contribution in [-0.2, 0) is 11.3 Å². The van der Waals surface area contributed by atoms with Crippen LogP contribution in [-0.4, -0.2) is 17.8 Å². The van der Waals surface area contributed by atoms with E-state index < -0.39 is 12.6 Å². The number of nitrogens with zero attached hydrogens (tertiary/aromatic N) is 1. The van der Waals surface area contributed by atoms with Crippen molar-refractivity contribution in [2.75, 3.05) is 12.0 Å². The molecule has 0 aliphatic heterocycles. The third-order valence-electron chi connectivity index (χ3n) is 1.77. The monoisotopic (exact) mass is 235 g/mol. The number of ether oxygens (including phenoxy) is 1. The van der Waals surface area contributed by atoms with Gasteiger partial charge in [-0.15, -0.1) is 0 Å². The summed E-state index contributed by atoms with van der Waals surface area (Å²) < 4.78 is 40.2. The summed E-state index contributed by atoms with van der Waals surface area (Å²) in [5, 5.41) is 0. The number of pyridine rings is 1. The molecule has 4 nitrogen and oxygen atoms in total. The molecule has 0 radical (unpaired) electrons. The summed E-state index contributed by atoms with van der Waals surface area (Å²) in [6.07, 6.45) is -3.63. The predicted molar refractivity (Wildman–Crippen MR) is 52.4 cm³/mol. The number of hydrazine groups is 1. The standard InChI is InChI=1S/C9H12F3N3O/c10-9(11,12)3-4-16-6-7-1-2-8(15-13)14-5-7/h1-2,5H,3-4,6,13H2,(H,14,15). The molecule has 0 fully saturated rings. The summed E-state index contributed by atoms with van der Waals surface area (Å²) in [6.45, 7) is -0.242. The van der Waals surface area contributed by atoms with Crippen LogP contribution in [0.15, 0.2) is 18.3 Å². The highest BCUT2D eigenvalue weighted by Gasteiger charge is 2.26. The molecule has 7 heteroatoms. The molecule has 3 N–H and O–H groups in total. The maximum absolute atomic E-state index is 11.8. The fourth-order valence-electron chi connectivity index (χ4n) is 0.973. The molecule has 0 spiro atoms. The quantitative estimate of drug-likeness (QED) is 0.464. The second-order valence-corrected chi connectivity index (χ2v) is 3.11. The van der Waals surface area contributed by atoms with E-state index in [4.69, 9.17) is 10.6 Å². The molecule has 0 aromatic carbocycles. The molecule has 1 rings (SSSR count). The summed E-state index contributed by atoms with van der Waals surface area (Å²) in [6, 6.07) is 3.29. The Morgan fingerprint density at radius 2 is 2.12 bits per heavy atom. The van der Waals surface area contributed by atoms with E-state index in [0.717, 1.165) is 0 Å². The Kier molecular flexibility index (Phi) is 4.51. The number of rotatable bonds is 5. The summed E-state index contributed by atoms with van der Waals surface area (Å²) in [7, 11) is 0. The average Bonchev–Trinajstić information content (AvgIpc) is 2.24. The Bertz CT molecular complexity index is 313. The number of nitrogens with two attached hydrogens (primary N) is 1. The molecule has 1 aromatic heterocycles. The zero-order chi connectivity index (χ0) is 12.0. The molecule has 0 unspecified atom stereocenters. The number of anilines is 1. The van der Waals surface area contributed by atoms with Gasteiger partial charge in [0.1, 0.15) is 5.82 Å². The number of hydrogen-bond acceptors (Lipinski definition) is 4. The highest BCUT2D eigenvalue weighted by atomic mass is 19.4. The molecule has 0 bridgehead atoms. The van der Waals surface area contributed by atoms with Crippen LogP contribution in [0.5, 0.6) is 0 Å². The zero-order valence-corrected chi connectivity index (χ0v) is 8.42. The summed E-state index contributed by atoms with van der Waals surface area (Å²) in [5.74, 6) is 5.59. The maximum atomic E-state index is 11.8. The fraction of sp³-hybridized carbons (Fsp3) is 0.444. The largest absolute Gasteiger partial charge is 0.391 e. The zero-order valence-electron chi connectivity index (χ0n) is 8.42. The second-order valence-electron chi connectivity index (χ2n) is 3.11. The Hall–Kier alpha value is -1.34. The lowest BCUT2D eigenvalue weighted by Crippen LogP contribution is -2.11. The van der Waals surface area contributed by atoms with Crippen molar-refractivity contribution in [1.82, 2.24) is 4.98 Å². The van der Waals surface area contributed by atoms with Gasteiger partial charge in [0, 0.05) is 6.20 Å². The SMILES string of the molecule is NNc1ccc(COCCC(F)(F)F)cn1. The molecule has 0 saturated carbocycles. The second kappa shape index (κ2) is 5.66. The van der Waals surface area contributed by atoms with Crippen molar-refractivity contribution in [3.8, 4) is 0 Å². The first-order valence-corrected chi connectivity index (χ1v) is 4.57. The van der Waals surface area contributed by atoms with Gasteiger partial charge in [-0.25, -0.2) is 10.8 Å². The van der Waals surface area contributed by atoms with E-state index in [-0.39, 0.29) is 13.2 Å². The summed E-state index contributed by atoms with van der Waals surface area (Å²) in [4.78, 5) is 3.89. The molecule has 0 amide bonds. The van der Waals surface area contributed by atoms with Crippen LogP contribution in [0.3, 0.4) is 0 Å². The van der Waals surface area contributed by atoms with Gasteiger partial charge in [0.15, 0.2) is 0 Å². The summed E-state index contributed by atoms with van der Waals surface area (Å²) in [5.41, 5.74) is 3.04. The van der Waals surface area contributed by atoms with E-state index in [1.165, 1.54) is 6.20 Å². The van der Waals surface area contributed by atoms with Crippen molar-refractivity contribution in [1.29, 1.82) is 0 Å². The normalized spacial score (nSPS) is 11.5. The lowest BCUT2D eigenvalue weighted by molar-refractivity contribution is -0.146. The van der Waals surface area contributed by atoms with Gasteiger partial charge in [0.2, 0.25) is 0 Å². The van der Waals surface area contributed by atoms with Crippen LogP contribution in [0.1, 0.15) is 12.0 Å². The van der Waals surface area contributed by atoms with E-state index in [1.807, 2.05) is 0 Å². The van der Waals surface area contributed by atoms with Gasteiger partial charge in [-0.3, -0.25) is 0 Å². The third kappa shape index (κ3) is 4.94. The molecule has 0 aliphatic rings. The Labute approximate surface area is 90.6 Å². The van der Waals surface area contributed by atoms with Crippen LogP contribution in [0.2, 0.25) is 0 Å². The van der Waals surface area contributed by atoms with Crippen molar-refractivity contribution in [3.05, 3.63) is 23.9 Å². The number of aromatic nitrogens is 1. The smallest absolute Gasteiger partial charge is 0.376 e. The molecular weight excluding hydrogens is 223 g/mol. The number of nitrogens with one attached hydrogen (secondary N) is 1. The average molecular weight is 235 g/mol. The highest BCUT2D eigenvalue weighted by molar-refractivity contribution is 5.33. The van der Waals surface area contributed by atoms with Crippen molar-refractivity contribution in [2.45, 2.75) is 19.2 Å². The molecule has 1 heterocycles. The molecule has 0 aliphatic carbocycles. The third-order valence-corrected chi connectivity index (χ3v) is 1.77. The Balaban J connectivity index is 2.27. The maximum Gasteiger partial charge on any atom is 0.391 e. The summed E-state index contributed by atoms with van der Waals surface area (Å²) >= 11 is 0. The molecule has 1 aromatic rings. The van der Waals surface area contributed by atoms with Gasteiger partial charge >= 0.3 is 6.18 Å². The number of hydrogen-bond donors (Lipinski definition) is 2.